The number of benzene rings is 1. The summed E-state index contributed by atoms with van der Waals surface area (Å²) in [6, 6.07) is 4.22. The van der Waals surface area contributed by atoms with E-state index in [1.54, 1.807) is 4.90 Å². The van der Waals surface area contributed by atoms with Gasteiger partial charge in [-0.15, -0.1) is 10.2 Å². The van der Waals surface area contributed by atoms with Crippen LogP contribution in [0.15, 0.2) is 21.8 Å². The molecular formula is C16H19N3O3S. The van der Waals surface area contributed by atoms with Crippen LogP contribution in [0.25, 0.3) is 11.5 Å². The minimum absolute atomic E-state index is 0.247. The average molecular weight is 333 g/mol. The monoisotopic (exact) mass is 333 g/mol. The molecule has 122 valence electrons. The lowest BCUT2D eigenvalue weighted by atomic mass is 10.00. The van der Waals surface area contributed by atoms with Gasteiger partial charge in [0.15, 0.2) is 0 Å². The quantitative estimate of drug-likeness (QED) is 0.783. The van der Waals surface area contributed by atoms with Crippen molar-refractivity contribution >= 4 is 17.9 Å². The van der Waals surface area contributed by atoms with Gasteiger partial charge in [0, 0.05) is 17.9 Å². The number of nitrogens with zero attached hydrogens (tertiary/aromatic N) is 3. The first kappa shape index (κ1) is 15.9. The molecule has 0 atom stereocenters. The van der Waals surface area contributed by atoms with Gasteiger partial charge in [0.05, 0.1) is 6.54 Å². The molecule has 1 amide bonds. The maximum Gasteiger partial charge on any atom is 0.409 e. The number of hydrogen-bond donors (Lipinski definition) is 0. The Bertz CT molecular complexity index is 706. The van der Waals surface area contributed by atoms with Crippen LogP contribution in [0.3, 0.4) is 0 Å². The van der Waals surface area contributed by atoms with Gasteiger partial charge in [-0.25, -0.2) is 4.79 Å². The van der Waals surface area contributed by atoms with E-state index in [0.29, 0.717) is 36.6 Å². The maximum absolute atomic E-state index is 11.4. The lowest BCUT2D eigenvalue weighted by molar-refractivity contribution is 0.160. The van der Waals surface area contributed by atoms with Crippen molar-refractivity contribution in [2.24, 2.45) is 0 Å². The topological polar surface area (TPSA) is 68.5 Å². The molecule has 3 rings (SSSR count). The molecule has 2 heterocycles. The van der Waals surface area contributed by atoms with Gasteiger partial charge in [0.2, 0.25) is 5.89 Å². The summed E-state index contributed by atoms with van der Waals surface area (Å²) in [4.78, 5) is 13.0. The highest BCUT2D eigenvalue weighted by molar-refractivity contribution is 7.99. The van der Waals surface area contributed by atoms with Crippen molar-refractivity contribution in [2.45, 2.75) is 26.0 Å². The number of amides is 1. The summed E-state index contributed by atoms with van der Waals surface area (Å²) in [6.45, 7) is 7.90. The van der Waals surface area contributed by atoms with Crippen molar-refractivity contribution in [3.8, 4) is 11.5 Å². The smallest absolute Gasteiger partial charge is 0.409 e. The first-order chi connectivity index (χ1) is 11.0. The molecule has 0 radical (unpaired) electrons. The maximum atomic E-state index is 11.4. The molecule has 1 saturated heterocycles. The van der Waals surface area contributed by atoms with Crippen molar-refractivity contribution in [3.63, 3.8) is 0 Å². The Kier molecular flexibility index (Phi) is 4.56. The molecule has 1 fully saturated rings. The van der Waals surface area contributed by atoms with Crippen LogP contribution in [0.1, 0.15) is 16.7 Å². The molecule has 23 heavy (non-hydrogen) atoms. The summed E-state index contributed by atoms with van der Waals surface area (Å²) in [7, 11) is 0. The average Bonchev–Trinajstić information content (AvgIpc) is 3.08. The third-order valence-electron chi connectivity index (χ3n) is 3.73. The van der Waals surface area contributed by atoms with E-state index in [9.17, 15) is 4.79 Å². The molecule has 1 aromatic carbocycles. The number of aryl methyl sites for hydroxylation is 3. The second-order valence-corrected chi connectivity index (χ2v) is 6.64. The number of rotatable bonds is 5. The van der Waals surface area contributed by atoms with Gasteiger partial charge in [-0.1, -0.05) is 29.5 Å². The van der Waals surface area contributed by atoms with E-state index in [0.717, 1.165) is 16.7 Å². The van der Waals surface area contributed by atoms with E-state index < -0.39 is 0 Å². The highest BCUT2D eigenvalue weighted by Gasteiger charge is 2.21. The van der Waals surface area contributed by atoms with Crippen LogP contribution in [0.2, 0.25) is 0 Å². The van der Waals surface area contributed by atoms with Crippen LogP contribution in [-0.4, -0.2) is 46.6 Å². The summed E-state index contributed by atoms with van der Waals surface area (Å²) in [5, 5.41) is 8.77. The van der Waals surface area contributed by atoms with Gasteiger partial charge in [-0.2, -0.15) is 0 Å². The lowest BCUT2D eigenvalue weighted by Gasteiger charge is -2.10. The molecule has 2 aromatic rings. The summed E-state index contributed by atoms with van der Waals surface area (Å²) in [5.41, 5.74) is 4.47. The number of aromatic nitrogens is 2. The molecule has 1 aliphatic heterocycles. The van der Waals surface area contributed by atoms with E-state index in [2.05, 4.69) is 29.3 Å². The van der Waals surface area contributed by atoms with Crippen molar-refractivity contribution < 1.29 is 13.9 Å². The van der Waals surface area contributed by atoms with Crippen molar-refractivity contribution in [3.05, 3.63) is 28.8 Å². The fourth-order valence-electron chi connectivity index (χ4n) is 2.76. The van der Waals surface area contributed by atoms with E-state index in [1.807, 2.05) is 13.8 Å². The summed E-state index contributed by atoms with van der Waals surface area (Å²) >= 11 is 1.45. The second-order valence-electron chi connectivity index (χ2n) is 5.60. The van der Waals surface area contributed by atoms with E-state index in [1.165, 1.54) is 17.3 Å². The Hall–Kier alpha value is -2.02. The van der Waals surface area contributed by atoms with Crippen LogP contribution in [0, 0.1) is 20.8 Å². The predicted molar refractivity (Wildman–Crippen MR) is 87.6 cm³/mol. The molecule has 7 heteroatoms. The number of cyclic esters (lactones) is 1. The van der Waals surface area contributed by atoms with Gasteiger partial charge in [0.1, 0.15) is 6.61 Å². The van der Waals surface area contributed by atoms with Gasteiger partial charge in [-0.3, -0.25) is 0 Å². The fourth-order valence-corrected chi connectivity index (χ4v) is 3.48. The zero-order chi connectivity index (χ0) is 16.4. The van der Waals surface area contributed by atoms with Gasteiger partial charge < -0.3 is 14.1 Å². The summed E-state index contributed by atoms with van der Waals surface area (Å²) < 4.78 is 10.7. The number of carbonyl (C=O) groups is 1. The number of carbonyl (C=O) groups excluding carboxylic acids is 1. The minimum atomic E-state index is -0.247. The minimum Gasteiger partial charge on any atom is -0.448 e. The number of hydrogen-bond acceptors (Lipinski definition) is 6. The summed E-state index contributed by atoms with van der Waals surface area (Å²) in [5.74, 6) is 1.24. The molecule has 0 N–H and O–H groups in total. The molecule has 0 aliphatic carbocycles. The van der Waals surface area contributed by atoms with Crippen LogP contribution in [-0.2, 0) is 4.74 Å². The molecule has 1 aliphatic rings. The van der Waals surface area contributed by atoms with Crippen molar-refractivity contribution in [1.82, 2.24) is 15.1 Å². The zero-order valence-corrected chi connectivity index (χ0v) is 14.3. The molecule has 6 nitrogen and oxygen atoms in total. The predicted octanol–water partition coefficient (Wildman–Crippen LogP) is 3.21. The Morgan fingerprint density at radius 1 is 1.22 bits per heavy atom. The second kappa shape index (κ2) is 6.62. The number of thioether (sulfide) groups is 1. The molecule has 0 spiro atoms. The van der Waals surface area contributed by atoms with Gasteiger partial charge in [-0.05, 0) is 31.9 Å². The van der Waals surface area contributed by atoms with Crippen LogP contribution in [0.4, 0.5) is 4.79 Å². The van der Waals surface area contributed by atoms with Crippen molar-refractivity contribution in [2.75, 3.05) is 25.4 Å². The zero-order valence-electron chi connectivity index (χ0n) is 13.5. The number of ether oxygens (including phenoxy) is 1. The van der Waals surface area contributed by atoms with Gasteiger partial charge >= 0.3 is 6.09 Å². The third kappa shape index (κ3) is 3.50. The SMILES string of the molecule is Cc1cc(C)c(-c2nnc(SCCN3CCOC3=O)o2)c(C)c1. The Labute approximate surface area is 139 Å². The van der Waals surface area contributed by atoms with Crippen molar-refractivity contribution in [1.29, 1.82) is 0 Å². The van der Waals surface area contributed by atoms with Crippen LogP contribution < -0.4 is 0 Å². The first-order valence-corrected chi connectivity index (χ1v) is 8.49. The lowest BCUT2D eigenvalue weighted by Crippen LogP contribution is -2.26. The van der Waals surface area contributed by atoms with E-state index in [-0.39, 0.29) is 6.09 Å². The normalized spacial score (nSPS) is 14.4. The molecule has 1 aromatic heterocycles. The fraction of sp³-hybridized carbons (Fsp3) is 0.438. The summed E-state index contributed by atoms with van der Waals surface area (Å²) in [6.07, 6.45) is -0.247. The van der Waals surface area contributed by atoms with Crippen LogP contribution >= 0.6 is 11.8 Å². The Morgan fingerprint density at radius 2 is 1.96 bits per heavy atom. The standard InChI is InChI=1S/C16H19N3O3S/c1-10-8-11(2)13(12(3)9-10)14-17-18-15(22-14)23-7-5-19-4-6-21-16(19)20/h8-9H,4-7H2,1-3H3. The first-order valence-electron chi connectivity index (χ1n) is 7.51. The third-order valence-corrected chi connectivity index (χ3v) is 4.53. The van der Waals surface area contributed by atoms with Gasteiger partial charge in [0.25, 0.3) is 5.22 Å². The highest BCUT2D eigenvalue weighted by Crippen LogP contribution is 2.29. The Balaban J connectivity index is 1.65. The highest BCUT2D eigenvalue weighted by atomic mass is 32.2. The molecule has 0 bridgehead atoms. The molecule has 0 saturated carbocycles. The molecule has 0 unspecified atom stereocenters. The largest absolute Gasteiger partial charge is 0.448 e. The van der Waals surface area contributed by atoms with E-state index >= 15 is 0 Å². The van der Waals surface area contributed by atoms with Crippen LogP contribution in [0.5, 0.6) is 0 Å². The molecular weight excluding hydrogens is 314 g/mol. The Morgan fingerprint density at radius 3 is 2.61 bits per heavy atom. The van der Waals surface area contributed by atoms with E-state index in [4.69, 9.17) is 9.15 Å².